The van der Waals surface area contributed by atoms with Crippen LogP contribution in [0.4, 0.5) is 11.6 Å². The van der Waals surface area contributed by atoms with Crippen LogP contribution in [0, 0.1) is 5.92 Å². The number of nitrogens with zero attached hydrogens (tertiary/aromatic N) is 3. The van der Waals surface area contributed by atoms with Gasteiger partial charge in [-0.2, -0.15) is 5.10 Å². The predicted molar refractivity (Wildman–Crippen MR) is 127 cm³/mol. The van der Waals surface area contributed by atoms with E-state index in [0.29, 0.717) is 35.7 Å². The number of piperidine rings is 1. The molecular weight excluding hydrogens is 422 g/mol. The summed E-state index contributed by atoms with van der Waals surface area (Å²) in [5, 5.41) is 23.6. The lowest BCUT2D eigenvalue weighted by atomic mass is 9.99. The molecule has 32 heavy (non-hydrogen) atoms. The second kappa shape index (κ2) is 8.67. The van der Waals surface area contributed by atoms with Gasteiger partial charge in [0.15, 0.2) is 5.82 Å². The number of rotatable bonds is 7. The predicted octanol–water partition coefficient (Wildman–Crippen LogP) is 5.10. The van der Waals surface area contributed by atoms with E-state index in [2.05, 4.69) is 40.2 Å². The molecule has 3 aromatic rings. The van der Waals surface area contributed by atoms with Crippen molar-refractivity contribution in [2.75, 3.05) is 5.32 Å². The molecule has 3 N–H and O–H groups in total. The van der Waals surface area contributed by atoms with E-state index in [1.165, 1.54) is 18.5 Å². The average molecular weight is 452 g/mol. The van der Waals surface area contributed by atoms with Crippen molar-refractivity contribution in [1.29, 1.82) is 0 Å². The Morgan fingerprint density at radius 2 is 2.09 bits per heavy atom. The van der Waals surface area contributed by atoms with Gasteiger partial charge in [-0.1, -0.05) is 19.9 Å². The number of pyridine rings is 1. The number of carboxylic acid groups (broad SMARTS) is 1. The summed E-state index contributed by atoms with van der Waals surface area (Å²) in [7, 11) is 0. The van der Waals surface area contributed by atoms with Gasteiger partial charge in [-0.3, -0.25) is 4.68 Å². The topological polar surface area (TPSA) is 92.1 Å². The number of carbonyl (C=O) groups is 1. The Labute approximate surface area is 191 Å². The Morgan fingerprint density at radius 3 is 2.75 bits per heavy atom. The lowest BCUT2D eigenvalue weighted by Crippen LogP contribution is -2.39. The van der Waals surface area contributed by atoms with Gasteiger partial charge in [0.2, 0.25) is 0 Å². The maximum absolute atomic E-state index is 12.0. The summed E-state index contributed by atoms with van der Waals surface area (Å²) < 4.78 is 2.19. The molecule has 0 amide bonds. The standard InChI is InChI=1S/C24H29N5O2S/c1-14(2)8-18-12-22(28-29(18)19-10-16-5-6-17(11-19)26-16)27-23-20(24(30)31)9-15(13-25-23)21-4-3-7-32-21/h3-4,7,9,12-14,16-17,19,26H,5-6,8,10-11H2,1-2H3,(H,30,31)(H,25,27,28)/t16-,17+,19?. The average Bonchev–Trinajstić information content (AvgIpc) is 3.49. The van der Waals surface area contributed by atoms with Crippen molar-refractivity contribution in [3.05, 3.63) is 47.1 Å². The zero-order valence-corrected chi connectivity index (χ0v) is 19.2. The van der Waals surface area contributed by atoms with Crippen LogP contribution in [-0.4, -0.2) is 37.9 Å². The van der Waals surface area contributed by atoms with Crippen LogP contribution in [0.5, 0.6) is 0 Å². The number of carboxylic acids is 1. The number of aromatic nitrogens is 3. The molecule has 2 fully saturated rings. The number of fused-ring (bicyclic) bond motifs is 2. The van der Waals surface area contributed by atoms with Crippen molar-refractivity contribution in [1.82, 2.24) is 20.1 Å². The number of aromatic carboxylic acids is 1. The lowest BCUT2D eigenvalue weighted by molar-refractivity contribution is 0.0697. The van der Waals surface area contributed by atoms with E-state index in [4.69, 9.17) is 5.10 Å². The highest BCUT2D eigenvalue weighted by Gasteiger charge is 2.35. The van der Waals surface area contributed by atoms with E-state index in [1.54, 1.807) is 23.6 Å². The molecule has 5 heterocycles. The Balaban J connectivity index is 1.45. The SMILES string of the molecule is CC(C)Cc1cc(Nc2ncc(-c3cccs3)cc2C(=O)O)nn1C1C[C@H]2CC[C@@H](C1)N2. The molecule has 3 aromatic heterocycles. The molecule has 0 aromatic carbocycles. The van der Waals surface area contributed by atoms with Gasteiger partial charge in [-0.15, -0.1) is 11.3 Å². The quantitative estimate of drug-likeness (QED) is 0.463. The van der Waals surface area contributed by atoms with Crippen LogP contribution in [0.1, 0.15) is 61.6 Å². The van der Waals surface area contributed by atoms with Crippen LogP contribution < -0.4 is 10.6 Å². The van der Waals surface area contributed by atoms with E-state index >= 15 is 0 Å². The minimum atomic E-state index is -1.00. The first kappa shape index (κ1) is 21.2. The maximum Gasteiger partial charge on any atom is 0.339 e. The molecule has 2 saturated heterocycles. The molecule has 2 aliphatic rings. The zero-order valence-electron chi connectivity index (χ0n) is 18.4. The van der Waals surface area contributed by atoms with Gasteiger partial charge in [0, 0.05) is 40.5 Å². The Hall–Kier alpha value is -2.71. The van der Waals surface area contributed by atoms with Gasteiger partial charge in [-0.05, 0) is 55.5 Å². The van der Waals surface area contributed by atoms with Crippen LogP contribution in [0.2, 0.25) is 0 Å². The highest BCUT2D eigenvalue weighted by atomic mass is 32.1. The third-order valence-corrected chi connectivity index (χ3v) is 7.31. The first-order valence-corrected chi connectivity index (χ1v) is 12.2. The van der Waals surface area contributed by atoms with E-state index in [1.807, 2.05) is 17.5 Å². The van der Waals surface area contributed by atoms with Crippen LogP contribution in [0.3, 0.4) is 0 Å². The third kappa shape index (κ3) is 4.29. The first-order chi connectivity index (χ1) is 15.5. The van der Waals surface area contributed by atoms with E-state index < -0.39 is 5.97 Å². The number of nitrogens with one attached hydrogen (secondary N) is 2. The first-order valence-electron chi connectivity index (χ1n) is 11.3. The molecule has 2 bridgehead atoms. The van der Waals surface area contributed by atoms with Gasteiger partial charge < -0.3 is 15.7 Å². The van der Waals surface area contributed by atoms with Crippen molar-refractivity contribution in [3.63, 3.8) is 0 Å². The smallest absolute Gasteiger partial charge is 0.339 e. The maximum atomic E-state index is 12.0. The normalized spacial score (nSPS) is 22.4. The molecule has 2 aliphatic heterocycles. The molecule has 8 heteroatoms. The van der Waals surface area contributed by atoms with Gasteiger partial charge in [0.25, 0.3) is 0 Å². The fourth-order valence-electron chi connectivity index (χ4n) is 5.03. The van der Waals surface area contributed by atoms with Gasteiger partial charge in [0.05, 0.1) is 6.04 Å². The van der Waals surface area contributed by atoms with E-state index in [-0.39, 0.29) is 5.56 Å². The fraction of sp³-hybridized carbons (Fsp3) is 0.458. The molecule has 0 spiro atoms. The zero-order chi connectivity index (χ0) is 22.2. The van der Waals surface area contributed by atoms with Crippen LogP contribution >= 0.6 is 11.3 Å². The number of anilines is 2. The van der Waals surface area contributed by atoms with Crippen molar-refractivity contribution in [3.8, 4) is 10.4 Å². The Kier molecular flexibility index (Phi) is 5.73. The highest BCUT2D eigenvalue weighted by molar-refractivity contribution is 7.13. The summed E-state index contributed by atoms with van der Waals surface area (Å²) >= 11 is 1.56. The summed E-state index contributed by atoms with van der Waals surface area (Å²) in [5.41, 5.74) is 2.15. The van der Waals surface area contributed by atoms with Crippen molar-refractivity contribution in [2.45, 2.75) is 64.1 Å². The van der Waals surface area contributed by atoms with Crippen molar-refractivity contribution >= 4 is 28.9 Å². The summed E-state index contributed by atoms with van der Waals surface area (Å²) in [4.78, 5) is 17.4. The van der Waals surface area contributed by atoms with E-state index in [9.17, 15) is 9.90 Å². The van der Waals surface area contributed by atoms with Gasteiger partial charge >= 0.3 is 5.97 Å². The Bertz CT molecular complexity index is 1100. The van der Waals surface area contributed by atoms with Gasteiger partial charge in [-0.25, -0.2) is 9.78 Å². The van der Waals surface area contributed by atoms with Crippen LogP contribution in [0.15, 0.2) is 35.8 Å². The van der Waals surface area contributed by atoms with Crippen LogP contribution in [0.25, 0.3) is 10.4 Å². The van der Waals surface area contributed by atoms with Crippen LogP contribution in [-0.2, 0) is 6.42 Å². The molecule has 0 aliphatic carbocycles. The summed E-state index contributed by atoms with van der Waals surface area (Å²) in [6.45, 7) is 4.42. The molecule has 1 unspecified atom stereocenters. The largest absolute Gasteiger partial charge is 0.478 e. The van der Waals surface area contributed by atoms with E-state index in [0.717, 1.165) is 29.7 Å². The third-order valence-electron chi connectivity index (χ3n) is 6.39. The second-order valence-electron chi connectivity index (χ2n) is 9.35. The van der Waals surface area contributed by atoms with Gasteiger partial charge in [0.1, 0.15) is 11.4 Å². The monoisotopic (exact) mass is 451 g/mol. The Morgan fingerprint density at radius 1 is 1.31 bits per heavy atom. The minimum Gasteiger partial charge on any atom is -0.478 e. The molecule has 168 valence electrons. The highest BCUT2D eigenvalue weighted by Crippen LogP contribution is 2.36. The minimum absolute atomic E-state index is 0.149. The van der Waals surface area contributed by atoms with Crippen molar-refractivity contribution < 1.29 is 9.90 Å². The summed E-state index contributed by atoms with van der Waals surface area (Å²) in [6, 6.07) is 9.19. The molecule has 5 rings (SSSR count). The number of thiophene rings is 1. The molecular formula is C24H29N5O2S. The molecule has 7 nitrogen and oxygen atoms in total. The second-order valence-corrected chi connectivity index (χ2v) is 10.3. The van der Waals surface area contributed by atoms with Crippen molar-refractivity contribution in [2.24, 2.45) is 5.92 Å². The lowest BCUT2D eigenvalue weighted by Gasteiger charge is -2.30. The molecule has 0 radical (unpaired) electrons. The molecule has 0 saturated carbocycles. The number of hydrogen-bond acceptors (Lipinski definition) is 6. The fourth-order valence-corrected chi connectivity index (χ4v) is 5.74. The molecule has 3 atom stereocenters. The summed E-state index contributed by atoms with van der Waals surface area (Å²) in [5.74, 6) is 0.485. The summed E-state index contributed by atoms with van der Waals surface area (Å²) in [6.07, 6.45) is 7.33. The number of hydrogen-bond donors (Lipinski definition) is 3.